The van der Waals surface area contributed by atoms with E-state index < -0.39 is 5.91 Å². The molecule has 0 heterocycles. The van der Waals surface area contributed by atoms with Gasteiger partial charge in [-0.1, -0.05) is 35.3 Å². The van der Waals surface area contributed by atoms with Gasteiger partial charge in [-0.15, -0.1) is 0 Å². The molecule has 2 aromatic rings. The molecule has 0 bridgehead atoms. The molecule has 2 N–H and O–H groups in total. The molecule has 2 aromatic carbocycles. The van der Waals surface area contributed by atoms with Crippen molar-refractivity contribution in [3.05, 3.63) is 69.8 Å². The van der Waals surface area contributed by atoms with Crippen molar-refractivity contribution in [2.75, 3.05) is 12.4 Å². The molecule has 0 radical (unpaired) electrons. The zero-order chi connectivity index (χ0) is 18.2. The third-order valence-corrected chi connectivity index (χ3v) is 3.83. The minimum absolute atomic E-state index is 0.0699. The van der Waals surface area contributed by atoms with Crippen molar-refractivity contribution in [2.45, 2.75) is 6.54 Å². The SMILES string of the molecule is COc1ccc(CNC(=O)/C(C#N)=C\Nc2ccc(Cl)cc2Cl)cc1. The molecule has 0 atom stereocenters. The van der Waals surface area contributed by atoms with Crippen LogP contribution >= 0.6 is 23.2 Å². The Morgan fingerprint density at radius 1 is 1.24 bits per heavy atom. The molecule has 0 saturated heterocycles. The monoisotopic (exact) mass is 375 g/mol. The number of benzene rings is 2. The standard InChI is InChI=1S/C18H15Cl2N3O2/c1-25-15-5-2-12(3-6-15)10-23-18(24)13(9-21)11-22-17-7-4-14(19)8-16(17)20/h2-8,11,22H,10H2,1H3,(H,23,24)/b13-11-. The number of ether oxygens (including phenoxy) is 1. The minimum atomic E-state index is -0.490. The van der Waals surface area contributed by atoms with Crippen LogP contribution in [0.25, 0.3) is 0 Å². The molecule has 0 saturated carbocycles. The van der Waals surface area contributed by atoms with Crippen LogP contribution in [-0.4, -0.2) is 13.0 Å². The van der Waals surface area contributed by atoms with Gasteiger partial charge in [0.25, 0.3) is 5.91 Å². The van der Waals surface area contributed by atoms with Crippen molar-refractivity contribution in [2.24, 2.45) is 0 Å². The first kappa shape index (κ1) is 18.7. The highest BCUT2D eigenvalue weighted by atomic mass is 35.5. The predicted molar refractivity (Wildman–Crippen MR) is 98.6 cm³/mol. The molecule has 5 nitrogen and oxygen atoms in total. The summed E-state index contributed by atoms with van der Waals surface area (Å²) in [4.78, 5) is 12.1. The highest BCUT2D eigenvalue weighted by Gasteiger charge is 2.09. The molecule has 128 valence electrons. The van der Waals surface area contributed by atoms with E-state index in [1.807, 2.05) is 18.2 Å². The number of halogens is 2. The number of amides is 1. The quantitative estimate of drug-likeness (QED) is 0.587. The largest absolute Gasteiger partial charge is 0.497 e. The van der Waals surface area contributed by atoms with Gasteiger partial charge in [-0.3, -0.25) is 4.79 Å². The highest BCUT2D eigenvalue weighted by Crippen LogP contribution is 2.25. The average molecular weight is 376 g/mol. The first-order chi connectivity index (χ1) is 12.0. The van der Waals surface area contributed by atoms with E-state index in [1.165, 1.54) is 6.20 Å². The summed E-state index contributed by atoms with van der Waals surface area (Å²) in [6.07, 6.45) is 1.30. The third kappa shape index (κ3) is 5.42. The fourth-order valence-corrected chi connectivity index (χ4v) is 2.39. The number of carbonyl (C=O) groups is 1. The Kier molecular flexibility index (Phi) is 6.70. The maximum atomic E-state index is 12.1. The third-order valence-electron chi connectivity index (χ3n) is 3.28. The van der Waals surface area contributed by atoms with E-state index in [-0.39, 0.29) is 5.57 Å². The van der Waals surface area contributed by atoms with E-state index in [1.54, 1.807) is 37.4 Å². The summed E-state index contributed by atoms with van der Waals surface area (Å²) in [7, 11) is 1.58. The van der Waals surface area contributed by atoms with Crippen molar-refractivity contribution in [1.82, 2.24) is 5.32 Å². The summed E-state index contributed by atoms with van der Waals surface area (Å²) >= 11 is 11.9. The molecular weight excluding hydrogens is 361 g/mol. The highest BCUT2D eigenvalue weighted by molar-refractivity contribution is 6.36. The molecule has 0 aliphatic carbocycles. The molecule has 1 amide bonds. The van der Waals surface area contributed by atoms with E-state index in [9.17, 15) is 4.79 Å². The first-order valence-corrected chi connectivity index (χ1v) is 8.02. The van der Waals surface area contributed by atoms with Gasteiger partial charge in [0, 0.05) is 17.8 Å². The Balaban J connectivity index is 1.98. The van der Waals surface area contributed by atoms with Crippen molar-refractivity contribution >= 4 is 34.8 Å². The summed E-state index contributed by atoms with van der Waals surface area (Å²) in [5, 5.41) is 15.6. The van der Waals surface area contributed by atoms with Gasteiger partial charge in [-0.2, -0.15) is 5.26 Å². The molecular formula is C18H15Cl2N3O2. The van der Waals surface area contributed by atoms with Crippen LogP contribution in [0.1, 0.15) is 5.56 Å². The first-order valence-electron chi connectivity index (χ1n) is 7.26. The number of anilines is 1. The average Bonchev–Trinajstić information content (AvgIpc) is 2.62. The van der Waals surface area contributed by atoms with Crippen LogP contribution in [0.15, 0.2) is 54.2 Å². The van der Waals surface area contributed by atoms with Crippen LogP contribution in [0, 0.1) is 11.3 Å². The Morgan fingerprint density at radius 3 is 2.56 bits per heavy atom. The van der Waals surface area contributed by atoms with Gasteiger partial charge in [-0.25, -0.2) is 0 Å². The molecule has 0 spiro atoms. The predicted octanol–water partition coefficient (Wildman–Crippen LogP) is 4.14. The normalized spacial score (nSPS) is 10.7. The van der Waals surface area contributed by atoms with Crippen molar-refractivity contribution in [3.8, 4) is 11.8 Å². The Labute approximate surface area is 155 Å². The van der Waals surface area contributed by atoms with Gasteiger partial charge in [0.1, 0.15) is 17.4 Å². The van der Waals surface area contributed by atoms with Gasteiger partial charge in [-0.05, 0) is 35.9 Å². The fourth-order valence-electron chi connectivity index (χ4n) is 1.93. The number of hydrogen-bond acceptors (Lipinski definition) is 4. The number of nitriles is 1. The van der Waals surface area contributed by atoms with E-state index in [4.69, 9.17) is 33.2 Å². The number of nitrogens with one attached hydrogen (secondary N) is 2. The van der Waals surface area contributed by atoms with Crippen LogP contribution in [0.3, 0.4) is 0 Å². The summed E-state index contributed by atoms with van der Waals surface area (Å²) in [6, 6.07) is 14.0. The van der Waals surface area contributed by atoms with E-state index in [0.29, 0.717) is 22.3 Å². The topological polar surface area (TPSA) is 74.1 Å². The summed E-state index contributed by atoms with van der Waals surface area (Å²) in [5.74, 6) is 0.243. The van der Waals surface area contributed by atoms with Crippen LogP contribution in [0.2, 0.25) is 10.0 Å². The second-order valence-electron chi connectivity index (χ2n) is 4.97. The van der Waals surface area contributed by atoms with Gasteiger partial charge < -0.3 is 15.4 Å². The maximum Gasteiger partial charge on any atom is 0.263 e. The lowest BCUT2D eigenvalue weighted by Crippen LogP contribution is -2.24. The fraction of sp³-hybridized carbons (Fsp3) is 0.111. The zero-order valence-corrected chi connectivity index (χ0v) is 14.9. The van der Waals surface area contributed by atoms with Gasteiger partial charge in [0.05, 0.1) is 17.8 Å². The number of hydrogen-bond donors (Lipinski definition) is 2. The number of methoxy groups -OCH3 is 1. The molecule has 0 unspecified atom stereocenters. The zero-order valence-electron chi connectivity index (χ0n) is 13.3. The smallest absolute Gasteiger partial charge is 0.263 e. The van der Waals surface area contributed by atoms with Crippen molar-refractivity contribution in [1.29, 1.82) is 5.26 Å². The molecule has 2 rings (SSSR count). The van der Waals surface area contributed by atoms with Gasteiger partial charge in [0.2, 0.25) is 0 Å². The summed E-state index contributed by atoms with van der Waals surface area (Å²) in [6.45, 7) is 0.295. The lowest BCUT2D eigenvalue weighted by molar-refractivity contribution is -0.117. The van der Waals surface area contributed by atoms with E-state index in [0.717, 1.165) is 11.3 Å². The van der Waals surface area contributed by atoms with Crippen molar-refractivity contribution < 1.29 is 9.53 Å². The maximum absolute atomic E-state index is 12.1. The summed E-state index contributed by atoms with van der Waals surface area (Å²) < 4.78 is 5.07. The van der Waals surface area contributed by atoms with E-state index >= 15 is 0 Å². The van der Waals surface area contributed by atoms with Gasteiger partial charge >= 0.3 is 0 Å². The number of nitrogens with zero attached hydrogens (tertiary/aromatic N) is 1. The van der Waals surface area contributed by atoms with Crippen LogP contribution < -0.4 is 15.4 Å². The van der Waals surface area contributed by atoms with Crippen LogP contribution in [0.5, 0.6) is 5.75 Å². The Morgan fingerprint density at radius 2 is 1.96 bits per heavy atom. The van der Waals surface area contributed by atoms with Crippen LogP contribution in [0.4, 0.5) is 5.69 Å². The number of rotatable bonds is 6. The summed E-state index contributed by atoms with van der Waals surface area (Å²) in [5.41, 5.74) is 1.36. The molecule has 7 heteroatoms. The Bertz CT molecular complexity index is 827. The van der Waals surface area contributed by atoms with Crippen molar-refractivity contribution in [3.63, 3.8) is 0 Å². The second kappa shape index (κ2) is 8.97. The number of carbonyl (C=O) groups excluding carboxylic acids is 1. The lowest BCUT2D eigenvalue weighted by Gasteiger charge is -2.07. The lowest BCUT2D eigenvalue weighted by atomic mass is 10.2. The minimum Gasteiger partial charge on any atom is -0.497 e. The molecule has 0 aliphatic heterocycles. The molecule has 0 aliphatic rings. The second-order valence-corrected chi connectivity index (χ2v) is 5.81. The Hall–Kier alpha value is -2.68. The van der Waals surface area contributed by atoms with Crippen LogP contribution in [-0.2, 0) is 11.3 Å². The van der Waals surface area contributed by atoms with E-state index in [2.05, 4.69) is 10.6 Å². The molecule has 25 heavy (non-hydrogen) atoms. The molecule has 0 aromatic heterocycles. The van der Waals surface area contributed by atoms with Gasteiger partial charge in [0.15, 0.2) is 0 Å². The molecule has 0 fully saturated rings.